The average Bonchev–Trinajstić information content (AvgIpc) is 3.92. The fraction of sp³-hybridized carbons (Fsp3) is 0.450. The van der Waals surface area contributed by atoms with Crippen LogP contribution in [0.2, 0.25) is 0 Å². The summed E-state index contributed by atoms with van der Waals surface area (Å²) < 4.78 is 51.6. The average molecular weight is 743 g/mol. The van der Waals surface area contributed by atoms with E-state index in [0.717, 1.165) is 55.7 Å². The van der Waals surface area contributed by atoms with E-state index in [4.69, 9.17) is 14.2 Å². The quantitative estimate of drug-likeness (QED) is 0.148. The molecule has 2 aliphatic rings. The summed E-state index contributed by atoms with van der Waals surface area (Å²) in [4.78, 5) is 22.1. The molecule has 14 heteroatoms. The first-order valence-corrected chi connectivity index (χ1v) is 18.5. The number of anilines is 2. The van der Waals surface area contributed by atoms with E-state index < -0.39 is 23.5 Å². The minimum Gasteiger partial charge on any atom is -0.488 e. The molecule has 7 rings (SSSR count). The normalized spacial score (nSPS) is 20.3. The molecule has 2 aromatic heterocycles. The van der Waals surface area contributed by atoms with E-state index in [0.29, 0.717) is 5.75 Å². The highest BCUT2D eigenvalue weighted by molar-refractivity contribution is 5.54. The molecule has 2 saturated heterocycles. The zero-order valence-electron chi connectivity index (χ0n) is 31.4. The van der Waals surface area contributed by atoms with Crippen LogP contribution < -0.4 is 20.2 Å². The smallest absolute Gasteiger partial charge is 0.350 e. The van der Waals surface area contributed by atoms with Crippen molar-refractivity contribution in [3.63, 3.8) is 0 Å². The van der Waals surface area contributed by atoms with E-state index in [-0.39, 0.29) is 48.4 Å². The number of ether oxygens (including phenoxy) is 3. The summed E-state index contributed by atoms with van der Waals surface area (Å²) in [5, 5.41) is 8.66. The van der Waals surface area contributed by atoms with Crippen LogP contribution in [0.15, 0.2) is 90.5 Å². The van der Waals surface area contributed by atoms with E-state index in [2.05, 4.69) is 71.7 Å². The Balaban J connectivity index is 0.922. The monoisotopic (exact) mass is 742 g/mol. The maximum atomic E-state index is 14.9. The molecule has 4 atom stereocenters. The fourth-order valence-corrected chi connectivity index (χ4v) is 7.37. The van der Waals surface area contributed by atoms with Gasteiger partial charge in [-0.25, -0.2) is 32.5 Å². The molecule has 0 bridgehead atoms. The summed E-state index contributed by atoms with van der Waals surface area (Å²) in [6.07, 6.45) is 4.57. The van der Waals surface area contributed by atoms with Gasteiger partial charge in [0, 0.05) is 49.2 Å². The Bertz CT molecular complexity index is 2060. The minimum absolute atomic E-state index is 0.0284. The molecular weight excluding hydrogens is 694 g/mol. The summed E-state index contributed by atoms with van der Waals surface area (Å²) in [5.41, 5.74) is 1.88. The van der Waals surface area contributed by atoms with Crippen LogP contribution in [0.3, 0.4) is 0 Å². The first-order chi connectivity index (χ1) is 25.9. The zero-order valence-corrected chi connectivity index (χ0v) is 31.4. The van der Waals surface area contributed by atoms with Crippen molar-refractivity contribution in [2.45, 2.75) is 65.5 Å². The number of benzene rings is 3. The maximum absolute atomic E-state index is 14.9. The van der Waals surface area contributed by atoms with Crippen LogP contribution in [0.4, 0.5) is 20.2 Å². The molecule has 2 aliphatic heterocycles. The molecule has 1 unspecified atom stereocenters. The lowest BCUT2D eigenvalue weighted by Crippen LogP contribution is -2.46. The molecule has 0 spiro atoms. The van der Waals surface area contributed by atoms with Gasteiger partial charge in [-0.15, -0.1) is 0 Å². The number of aromatic nitrogens is 6. The maximum Gasteiger partial charge on any atom is 0.350 e. The van der Waals surface area contributed by atoms with Gasteiger partial charge in [0.25, 0.3) is 0 Å². The van der Waals surface area contributed by atoms with Gasteiger partial charge in [-0.05, 0) is 72.4 Å². The van der Waals surface area contributed by atoms with Crippen LogP contribution in [-0.4, -0.2) is 74.8 Å². The van der Waals surface area contributed by atoms with Crippen molar-refractivity contribution >= 4 is 11.4 Å². The van der Waals surface area contributed by atoms with Crippen molar-refractivity contribution in [1.29, 1.82) is 0 Å². The Morgan fingerprint density at radius 2 is 1.56 bits per heavy atom. The third-order valence-electron chi connectivity index (χ3n) is 10.9. The Labute approximate surface area is 313 Å². The first kappa shape index (κ1) is 37.2. The standard InChI is InChI=1S/C40H48F2N8O4/c1-6-36(28(2)39(3,4)5)50-38(51)49(27-45-50)32-10-8-30(9-11-32)46-17-19-47(20-18-46)31-12-14-33(15-13-31)52-22-37-53-24-40(54-37,23-48-26-43-25-44-48)34-16-7-29(41)21-35(34)42/h7-16,21,25-28,36-37H,6,17-20,22-24H2,1-5H3/t28-,36-,37-,40?/m0/s1. The summed E-state index contributed by atoms with van der Waals surface area (Å²) in [6, 6.07) is 19.4. The SMILES string of the molecule is CC[C@@H]([C@H](C)C(C)(C)C)n1ncn(-c2ccc(N3CCN(c4ccc(OC[C@H]5OCC(Cn6cncn6)(c6ccc(F)cc6F)O5)cc4)CC3)cc2)c1=O. The van der Waals surface area contributed by atoms with Gasteiger partial charge in [-0.3, -0.25) is 0 Å². The van der Waals surface area contributed by atoms with Gasteiger partial charge < -0.3 is 24.0 Å². The van der Waals surface area contributed by atoms with Gasteiger partial charge in [-0.2, -0.15) is 10.2 Å². The Kier molecular flexibility index (Phi) is 10.6. The molecule has 0 radical (unpaired) electrons. The highest BCUT2D eigenvalue weighted by Crippen LogP contribution is 2.38. The topological polar surface area (TPSA) is 105 Å². The van der Waals surface area contributed by atoms with Crippen LogP contribution >= 0.6 is 0 Å². The van der Waals surface area contributed by atoms with Gasteiger partial charge in [0.2, 0.25) is 0 Å². The third-order valence-corrected chi connectivity index (χ3v) is 10.9. The van der Waals surface area contributed by atoms with Crippen molar-refractivity contribution in [2.75, 3.05) is 49.2 Å². The Hall–Kier alpha value is -5.08. The molecule has 286 valence electrons. The predicted molar refractivity (Wildman–Crippen MR) is 201 cm³/mol. The molecule has 2 fully saturated rings. The zero-order chi connectivity index (χ0) is 38.0. The Morgan fingerprint density at radius 1 is 0.907 bits per heavy atom. The molecule has 0 saturated carbocycles. The number of hydrogen-bond donors (Lipinski definition) is 0. The second-order valence-electron chi connectivity index (χ2n) is 15.2. The molecule has 5 aromatic rings. The molecule has 4 heterocycles. The summed E-state index contributed by atoms with van der Waals surface area (Å²) in [6.45, 7) is 14.5. The van der Waals surface area contributed by atoms with Crippen molar-refractivity contribution in [2.24, 2.45) is 11.3 Å². The van der Waals surface area contributed by atoms with E-state index in [9.17, 15) is 13.6 Å². The molecule has 12 nitrogen and oxygen atoms in total. The van der Waals surface area contributed by atoms with Gasteiger partial charge in [0.15, 0.2) is 6.29 Å². The minimum atomic E-state index is -1.24. The van der Waals surface area contributed by atoms with Crippen molar-refractivity contribution < 1.29 is 23.0 Å². The predicted octanol–water partition coefficient (Wildman–Crippen LogP) is 6.21. The molecule has 0 aliphatic carbocycles. The lowest BCUT2D eigenvalue weighted by Gasteiger charge is -2.37. The van der Waals surface area contributed by atoms with E-state index in [1.165, 1.54) is 29.5 Å². The van der Waals surface area contributed by atoms with Crippen molar-refractivity contribution in [3.05, 3.63) is 113 Å². The van der Waals surface area contributed by atoms with Gasteiger partial charge in [0.05, 0.1) is 24.9 Å². The van der Waals surface area contributed by atoms with Crippen LogP contribution in [0.1, 0.15) is 52.6 Å². The Morgan fingerprint density at radius 3 is 2.15 bits per heavy atom. The van der Waals surface area contributed by atoms with Gasteiger partial charge in [0.1, 0.15) is 48.6 Å². The lowest BCUT2D eigenvalue weighted by atomic mass is 9.77. The molecule has 0 N–H and O–H groups in total. The molecular formula is C40H48F2N8O4. The van der Waals surface area contributed by atoms with Crippen LogP contribution in [-0.2, 0) is 21.6 Å². The number of hydrogen-bond acceptors (Lipinski definition) is 9. The van der Waals surface area contributed by atoms with Crippen LogP contribution in [0.5, 0.6) is 5.75 Å². The van der Waals surface area contributed by atoms with Crippen LogP contribution in [0, 0.1) is 23.0 Å². The number of rotatable bonds is 12. The summed E-state index contributed by atoms with van der Waals surface area (Å²) in [5.74, 6) is -0.468. The van der Waals surface area contributed by atoms with Gasteiger partial charge in [-0.1, -0.05) is 40.7 Å². The van der Waals surface area contributed by atoms with E-state index >= 15 is 0 Å². The highest BCUT2D eigenvalue weighted by Gasteiger charge is 2.46. The molecule has 3 aromatic carbocycles. The first-order valence-electron chi connectivity index (χ1n) is 18.5. The molecule has 54 heavy (non-hydrogen) atoms. The van der Waals surface area contributed by atoms with Crippen molar-refractivity contribution in [1.82, 2.24) is 29.1 Å². The van der Waals surface area contributed by atoms with Crippen LogP contribution in [0.25, 0.3) is 5.69 Å². The second-order valence-corrected chi connectivity index (χ2v) is 15.2. The number of piperazine rings is 1. The van der Waals surface area contributed by atoms with E-state index in [1.54, 1.807) is 15.6 Å². The third kappa shape index (κ3) is 7.76. The fourth-order valence-electron chi connectivity index (χ4n) is 7.37. The largest absolute Gasteiger partial charge is 0.488 e. The number of halogens is 2. The number of nitrogens with zero attached hydrogens (tertiary/aromatic N) is 8. The highest BCUT2D eigenvalue weighted by atomic mass is 19.1. The lowest BCUT2D eigenvalue weighted by molar-refractivity contribution is -0.117. The van der Waals surface area contributed by atoms with Crippen molar-refractivity contribution in [3.8, 4) is 11.4 Å². The molecule has 0 amide bonds. The summed E-state index contributed by atoms with van der Waals surface area (Å²) >= 11 is 0. The summed E-state index contributed by atoms with van der Waals surface area (Å²) in [7, 11) is 0. The van der Waals surface area contributed by atoms with Gasteiger partial charge >= 0.3 is 5.69 Å². The second kappa shape index (κ2) is 15.3. The van der Waals surface area contributed by atoms with E-state index in [1.807, 2.05) is 36.4 Å².